The monoisotopic (exact) mass is 599 g/mol. The number of pyridine rings is 1. The van der Waals surface area contributed by atoms with Crippen molar-refractivity contribution in [2.24, 2.45) is 0 Å². The third-order valence-corrected chi connectivity index (χ3v) is 9.29. The van der Waals surface area contributed by atoms with Gasteiger partial charge in [-0.2, -0.15) is 0 Å². The number of β-amino-alcohol motifs (C(OH)–C–C–N with tert-alkyl or cyclic N) is 1. The zero-order valence-electron chi connectivity index (χ0n) is 26.5. The molecule has 9 heteroatoms. The molecule has 1 saturated heterocycles. The fraction of sp³-hybridized carbons (Fsp3) is 0.636. The maximum absolute atomic E-state index is 13.3. The number of piperazine rings is 1. The number of benzene rings is 1. The first-order valence-electron chi connectivity index (χ1n) is 15.7. The molecule has 0 aliphatic carbocycles. The number of carbonyl (C=O) groups is 1. The van der Waals surface area contributed by atoms with Gasteiger partial charge in [0.1, 0.15) is 5.56 Å². The van der Waals surface area contributed by atoms with Crippen molar-refractivity contribution in [1.82, 2.24) is 24.0 Å². The van der Waals surface area contributed by atoms with Gasteiger partial charge in [-0.1, -0.05) is 49.2 Å². The molecule has 8 nitrogen and oxygen atoms in total. The summed E-state index contributed by atoms with van der Waals surface area (Å²) in [6, 6.07) is 9.74. The van der Waals surface area contributed by atoms with Gasteiger partial charge in [-0.05, 0) is 77.4 Å². The minimum absolute atomic E-state index is 0.0504. The number of para-hydroxylation sites is 1. The Hall–Kier alpha value is -2.17. The zero-order valence-corrected chi connectivity index (χ0v) is 27.3. The van der Waals surface area contributed by atoms with Crippen molar-refractivity contribution in [3.05, 3.63) is 58.4 Å². The normalized spacial score (nSPS) is 15.6. The molecule has 1 aromatic carbocycles. The molecule has 1 atom stereocenters. The number of nitrogens with one attached hydrogen (secondary N) is 1. The first-order valence-corrected chi connectivity index (χ1v) is 16.7. The summed E-state index contributed by atoms with van der Waals surface area (Å²) >= 11 is 1.95. The molecule has 0 spiro atoms. The second-order valence-corrected chi connectivity index (χ2v) is 13.2. The van der Waals surface area contributed by atoms with Gasteiger partial charge in [0.15, 0.2) is 0 Å². The van der Waals surface area contributed by atoms with Gasteiger partial charge in [0, 0.05) is 63.1 Å². The standard InChI is InChI=1S/C33H53N5O3S/c1-7-29(34-32(40)30-23-28-12-8-9-13-31(28)38(26(4)5)33(30)41)22-27(6)24-36(25(2)3)14-10-11-21-42-37-17-15-35(16-18-37)19-20-39/h8-9,12-13,23,25-26,29,39H,6-7,10-11,14-22,24H2,1-5H3,(H,34,40). The molecular weight excluding hydrogens is 546 g/mol. The minimum atomic E-state index is -0.312. The van der Waals surface area contributed by atoms with E-state index in [1.807, 2.05) is 50.1 Å². The van der Waals surface area contributed by atoms with Crippen molar-refractivity contribution < 1.29 is 9.90 Å². The average Bonchev–Trinajstić information content (AvgIpc) is 2.96. The van der Waals surface area contributed by atoms with Crippen LogP contribution in [0.2, 0.25) is 0 Å². The Morgan fingerprint density at radius 3 is 2.48 bits per heavy atom. The van der Waals surface area contributed by atoms with E-state index in [2.05, 4.69) is 46.8 Å². The second kappa shape index (κ2) is 17.2. The van der Waals surface area contributed by atoms with Gasteiger partial charge < -0.3 is 15.0 Å². The number of fused-ring (bicyclic) bond motifs is 1. The van der Waals surface area contributed by atoms with Crippen LogP contribution in [0.3, 0.4) is 0 Å². The van der Waals surface area contributed by atoms with Crippen molar-refractivity contribution in [2.75, 3.05) is 58.2 Å². The highest BCUT2D eigenvalue weighted by molar-refractivity contribution is 7.97. The number of unbranched alkanes of at least 4 members (excludes halogenated alkanes) is 1. The Balaban J connectivity index is 1.48. The molecule has 1 aliphatic rings. The van der Waals surface area contributed by atoms with Gasteiger partial charge in [-0.15, -0.1) is 0 Å². The third-order valence-electron chi connectivity index (χ3n) is 8.09. The van der Waals surface area contributed by atoms with E-state index >= 15 is 0 Å². The number of aliphatic hydroxyl groups is 1. The van der Waals surface area contributed by atoms with E-state index in [0.29, 0.717) is 12.5 Å². The summed E-state index contributed by atoms with van der Waals surface area (Å²) in [4.78, 5) is 31.5. The Bertz CT molecular complexity index is 1210. The lowest BCUT2D eigenvalue weighted by Gasteiger charge is -2.33. The number of rotatable bonds is 17. The van der Waals surface area contributed by atoms with Crippen LogP contribution in [0.1, 0.15) is 76.7 Å². The van der Waals surface area contributed by atoms with Gasteiger partial charge in [-0.3, -0.25) is 19.4 Å². The number of aromatic nitrogens is 1. The van der Waals surface area contributed by atoms with E-state index in [0.717, 1.165) is 80.9 Å². The van der Waals surface area contributed by atoms with Gasteiger partial charge in [0.05, 0.1) is 12.1 Å². The number of aliphatic hydroxyl groups excluding tert-OH is 1. The topological polar surface area (TPSA) is 81.1 Å². The van der Waals surface area contributed by atoms with E-state index in [9.17, 15) is 9.59 Å². The zero-order chi connectivity index (χ0) is 30.6. The van der Waals surface area contributed by atoms with Crippen LogP contribution in [0.5, 0.6) is 0 Å². The van der Waals surface area contributed by atoms with Crippen LogP contribution in [0.4, 0.5) is 0 Å². The van der Waals surface area contributed by atoms with E-state index < -0.39 is 0 Å². The maximum Gasteiger partial charge on any atom is 0.264 e. The van der Waals surface area contributed by atoms with Gasteiger partial charge in [-0.25, -0.2) is 4.31 Å². The molecule has 0 radical (unpaired) electrons. The average molecular weight is 600 g/mol. The van der Waals surface area contributed by atoms with Crippen LogP contribution in [0.15, 0.2) is 47.3 Å². The Labute approximate surface area is 257 Å². The molecule has 2 aromatic rings. The molecule has 3 rings (SSSR count). The van der Waals surface area contributed by atoms with Gasteiger partial charge >= 0.3 is 0 Å². The summed E-state index contributed by atoms with van der Waals surface area (Å²) in [7, 11) is 0. The van der Waals surface area contributed by atoms with E-state index in [1.54, 1.807) is 10.6 Å². The molecule has 1 aromatic heterocycles. The lowest BCUT2D eigenvalue weighted by molar-refractivity contribution is 0.0933. The lowest BCUT2D eigenvalue weighted by Crippen LogP contribution is -2.44. The highest BCUT2D eigenvalue weighted by Gasteiger charge is 2.21. The summed E-state index contributed by atoms with van der Waals surface area (Å²) in [5.41, 5.74) is 1.89. The van der Waals surface area contributed by atoms with E-state index in [-0.39, 0.29) is 35.7 Å². The van der Waals surface area contributed by atoms with Gasteiger partial charge in [0.2, 0.25) is 0 Å². The smallest absolute Gasteiger partial charge is 0.264 e. The summed E-state index contributed by atoms with van der Waals surface area (Å²) in [6.45, 7) is 21.9. The predicted octanol–water partition coefficient (Wildman–Crippen LogP) is 4.79. The Morgan fingerprint density at radius 2 is 1.83 bits per heavy atom. The van der Waals surface area contributed by atoms with Gasteiger partial charge in [0.25, 0.3) is 11.5 Å². The van der Waals surface area contributed by atoms with Crippen molar-refractivity contribution in [3.8, 4) is 0 Å². The van der Waals surface area contributed by atoms with Crippen LogP contribution in [0.25, 0.3) is 10.9 Å². The van der Waals surface area contributed by atoms with Crippen LogP contribution in [0, 0.1) is 0 Å². The molecule has 2 heterocycles. The van der Waals surface area contributed by atoms with Crippen molar-refractivity contribution in [1.29, 1.82) is 0 Å². The summed E-state index contributed by atoms with van der Waals surface area (Å²) < 4.78 is 4.17. The highest BCUT2D eigenvalue weighted by atomic mass is 32.2. The number of hydrogen-bond acceptors (Lipinski definition) is 7. The molecule has 1 aliphatic heterocycles. The molecule has 1 amide bonds. The first-order chi connectivity index (χ1) is 20.1. The fourth-order valence-electron chi connectivity index (χ4n) is 5.58. The molecule has 2 N–H and O–H groups in total. The summed E-state index contributed by atoms with van der Waals surface area (Å²) in [5.74, 6) is 0.817. The van der Waals surface area contributed by atoms with E-state index in [1.165, 1.54) is 6.42 Å². The molecular formula is C33H53N5O3S. The summed E-state index contributed by atoms with van der Waals surface area (Å²) in [6.07, 6.45) is 3.77. The van der Waals surface area contributed by atoms with Crippen LogP contribution in [-0.4, -0.2) is 99.9 Å². The predicted molar refractivity (Wildman–Crippen MR) is 177 cm³/mol. The SMILES string of the molecule is C=C(CC(CC)NC(=O)c1cc2ccccc2n(C(C)C)c1=O)CN(CCCCSN1CCN(CCO)CC1)C(C)C. The first kappa shape index (κ1) is 34.3. The van der Waals surface area contributed by atoms with Crippen LogP contribution < -0.4 is 10.9 Å². The van der Waals surface area contributed by atoms with E-state index in [4.69, 9.17) is 5.11 Å². The second-order valence-electron chi connectivity index (χ2n) is 12.0. The fourth-order valence-corrected chi connectivity index (χ4v) is 6.59. The van der Waals surface area contributed by atoms with Crippen molar-refractivity contribution in [3.63, 3.8) is 0 Å². The number of amides is 1. The Kier molecular flexibility index (Phi) is 14.1. The molecule has 42 heavy (non-hydrogen) atoms. The van der Waals surface area contributed by atoms with Crippen molar-refractivity contribution >= 4 is 28.8 Å². The quantitative estimate of drug-likeness (QED) is 0.154. The lowest BCUT2D eigenvalue weighted by atomic mass is 10.0. The molecule has 1 fully saturated rings. The molecule has 234 valence electrons. The molecule has 0 saturated carbocycles. The third kappa shape index (κ3) is 9.95. The largest absolute Gasteiger partial charge is 0.395 e. The highest BCUT2D eigenvalue weighted by Crippen LogP contribution is 2.19. The Morgan fingerprint density at radius 1 is 1.12 bits per heavy atom. The number of nitrogens with zero attached hydrogens (tertiary/aromatic N) is 4. The van der Waals surface area contributed by atoms with Crippen LogP contribution >= 0.6 is 11.9 Å². The minimum Gasteiger partial charge on any atom is -0.395 e. The molecule has 0 bridgehead atoms. The van der Waals surface area contributed by atoms with Crippen molar-refractivity contribution in [2.45, 2.75) is 78.4 Å². The number of hydrogen-bond donors (Lipinski definition) is 2. The summed E-state index contributed by atoms with van der Waals surface area (Å²) in [5, 5.41) is 13.1. The van der Waals surface area contributed by atoms with Crippen LogP contribution in [-0.2, 0) is 0 Å². The number of carbonyl (C=O) groups excluding carboxylic acids is 1. The maximum atomic E-state index is 13.3. The molecule has 1 unspecified atom stereocenters.